The van der Waals surface area contributed by atoms with Crippen molar-refractivity contribution >= 4 is 53.8 Å². The van der Waals surface area contributed by atoms with Gasteiger partial charge in [-0.2, -0.15) is 0 Å². The third-order valence-electron chi connectivity index (χ3n) is 5.54. The second-order valence-corrected chi connectivity index (χ2v) is 8.09. The highest BCUT2D eigenvalue weighted by Crippen LogP contribution is 2.34. The molecule has 3 rings (SSSR count). The maximum atomic E-state index is 13.1. The Kier molecular flexibility index (Phi) is 7.98. The van der Waals surface area contributed by atoms with Crippen LogP contribution in [-0.2, 0) is 4.79 Å². The highest BCUT2D eigenvalue weighted by Gasteiger charge is 2.22. The fourth-order valence-electron chi connectivity index (χ4n) is 3.61. The van der Waals surface area contributed by atoms with Crippen molar-refractivity contribution in [3.05, 3.63) is 69.6 Å². The van der Waals surface area contributed by atoms with Gasteiger partial charge in [0.15, 0.2) is 5.78 Å². The molecular weight excluding hydrogens is 468 g/mol. The molecular formula is C26H25ClN4O4. The van der Waals surface area contributed by atoms with Gasteiger partial charge in [0, 0.05) is 34.3 Å². The molecule has 1 heterocycles. The maximum Gasteiger partial charge on any atom is 0.252 e. The van der Waals surface area contributed by atoms with Crippen LogP contribution in [0.2, 0.25) is 5.02 Å². The van der Waals surface area contributed by atoms with E-state index in [9.17, 15) is 14.4 Å². The lowest BCUT2D eigenvalue weighted by Gasteiger charge is -2.19. The number of carbonyl (C=O) groups is 2. The molecule has 2 aromatic carbocycles. The van der Waals surface area contributed by atoms with E-state index in [4.69, 9.17) is 16.3 Å². The minimum Gasteiger partial charge on any atom is -0.495 e. The van der Waals surface area contributed by atoms with Gasteiger partial charge in [-0.1, -0.05) is 18.5 Å². The number of anilines is 1. The van der Waals surface area contributed by atoms with E-state index < -0.39 is 17.5 Å². The predicted molar refractivity (Wildman–Crippen MR) is 141 cm³/mol. The van der Waals surface area contributed by atoms with E-state index >= 15 is 0 Å². The second-order valence-electron chi connectivity index (χ2n) is 7.65. The Morgan fingerprint density at radius 1 is 1.09 bits per heavy atom. The van der Waals surface area contributed by atoms with Crippen LogP contribution in [0.15, 0.2) is 63.4 Å². The zero-order valence-corrected chi connectivity index (χ0v) is 20.4. The number of methoxy groups -OCH3 is 1. The summed E-state index contributed by atoms with van der Waals surface area (Å²) in [6.07, 6.45) is 1.74. The van der Waals surface area contributed by atoms with Crippen molar-refractivity contribution in [3.63, 3.8) is 0 Å². The van der Waals surface area contributed by atoms with Crippen molar-refractivity contribution in [2.75, 3.05) is 12.4 Å². The molecule has 0 unspecified atom stereocenters. The molecule has 9 heteroatoms. The molecule has 0 saturated carbocycles. The van der Waals surface area contributed by atoms with Crippen molar-refractivity contribution in [1.82, 2.24) is 4.57 Å². The number of carbonyl (C=O) groups excluding carboxylic acids is 2. The van der Waals surface area contributed by atoms with E-state index in [0.29, 0.717) is 44.5 Å². The fraction of sp³-hybridized carbons (Fsp3) is 0.192. The van der Waals surface area contributed by atoms with Gasteiger partial charge in [-0.15, -0.1) is 0 Å². The number of nitrogens with zero attached hydrogens (tertiary/aromatic N) is 3. The average Bonchev–Trinajstić information content (AvgIpc) is 2.87. The molecule has 35 heavy (non-hydrogen) atoms. The largest absolute Gasteiger partial charge is 0.495 e. The molecule has 1 N–H and O–H groups in total. The van der Waals surface area contributed by atoms with E-state index in [2.05, 4.69) is 28.7 Å². The number of benzene rings is 2. The number of Topliss-reactive ketones (excluding diaryl/α,β-unsaturated/α-hetero) is 1. The smallest absolute Gasteiger partial charge is 0.252 e. The van der Waals surface area contributed by atoms with Crippen LogP contribution in [0.25, 0.3) is 11.1 Å². The molecule has 0 spiro atoms. The van der Waals surface area contributed by atoms with E-state index in [-0.39, 0.29) is 12.2 Å². The van der Waals surface area contributed by atoms with Gasteiger partial charge < -0.3 is 10.1 Å². The van der Waals surface area contributed by atoms with Crippen LogP contribution < -0.4 is 15.6 Å². The van der Waals surface area contributed by atoms with Gasteiger partial charge >= 0.3 is 0 Å². The van der Waals surface area contributed by atoms with E-state index in [1.165, 1.54) is 23.9 Å². The molecule has 0 aliphatic rings. The third-order valence-corrected chi connectivity index (χ3v) is 5.77. The molecule has 0 saturated heterocycles. The highest BCUT2D eigenvalue weighted by molar-refractivity contribution is 6.31. The van der Waals surface area contributed by atoms with Crippen molar-refractivity contribution in [2.24, 2.45) is 9.98 Å². The molecule has 180 valence electrons. The Morgan fingerprint density at radius 2 is 1.80 bits per heavy atom. The minimum absolute atomic E-state index is 0.0956. The zero-order valence-electron chi connectivity index (χ0n) is 19.7. The number of halogens is 1. The van der Waals surface area contributed by atoms with Gasteiger partial charge in [0.1, 0.15) is 11.8 Å². The lowest BCUT2D eigenvalue weighted by atomic mass is 9.96. The lowest BCUT2D eigenvalue weighted by molar-refractivity contribution is -0.118. The summed E-state index contributed by atoms with van der Waals surface area (Å²) >= 11 is 6.18. The Hall–Kier alpha value is -4.04. The summed E-state index contributed by atoms with van der Waals surface area (Å²) in [6.45, 7) is 10.3. The van der Waals surface area contributed by atoms with Gasteiger partial charge in [0.25, 0.3) is 5.56 Å². The van der Waals surface area contributed by atoms with Gasteiger partial charge in [0.2, 0.25) is 5.91 Å². The number of ketones is 1. The molecule has 0 fully saturated rings. The summed E-state index contributed by atoms with van der Waals surface area (Å²) < 4.78 is 6.79. The molecule has 0 radical (unpaired) electrons. The van der Waals surface area contributed by atoms with E-state index in [0.717, 1.165) is 0 Å². The van der Waals surface area contributed by atoms with Gasteiger partial charge in [-0.25, -0.2) is 0 Å². The van der Waals surface area contributed by atoms with Crippen LogP contribution in [0.3, 0.4) is 0 Å². The summed E-state index contributed by atoms with van der Waals surface area (Å²) in [5.74, 6) is -0.209. The van der Waals surface area contributed by atoms with Crippen LogP contribution in [0.4, 0.5) is 17.1 Å². The van der Waals surface area contributed by atoms with Crippen LogP contribution in [0.5, 0.6) is 5.75 Å². The zero-order chi connectivity index (χ0) is 25.7. The number of aliphatic imine (C=N–C) groups is 2. The monoisotopic (exact) mass is 492 g/mol. The Balaban J connectivity index is 2.00. The molecule has 1 amide bonds. The Bertz CT molecular complexity index is 1380. The summed E-state index contributed by atoms with van der Waals surface area (Å²) in [7, 11) is 1.45. The topological polar surface area (TPSA) is 102 Å². The van der Waals surface area contributed by atoms with E-state index in [1.807, 2.05) is 0 Å². The summed E-state index contributed by atoms with van der Waals surface area (Å²) in [5.41, 5.74) is 2.35. The molecule has 0 aliphatic carbocycles. The molecule has 1 atom stereocenters. The van der Waals surface area contributed by atoms with Crippen molar-refractivity contribution in [3.8, 4) is 16.9 Å². The Labute approximate surface area is 208 Å². The lowest BCUT2D eigenvalue weighted by Crippen LogP contribution is -2.31. The summed E-state index contributed by atoms with van der Waals surface area (Å²) in [5, 5.41) is 3.18. The number of nitrogens with one attached hydrogen (secondary N) is 1. The number of ether oxygens (including phenoxy) is 1. The third kappa shape index (κ3) is 5.38. The van der Waals surface area contributed by atoms with Crippen molar-refractivity contribution in [1.29, 1.82) is 0 Å². The van der Waals surface area contributed by atoms with E-state index in [1.54, 1.807) is 50.2 Å². The first-order valence-electron chi connectivity index (χ1n) is 10.8. The van der Waals surface area contributed by atoms with Crippen LogP contribution >= 0.6 is 11.6 Å². The quantitative estimate of drug-likeness (QED) is 0.308. The first kappa shape index (κ1) is 25.6. The number of amides is 1. The van der Waals surface area contributed by atoms with Crippen LogP contribution in [0.1, 0.15) is 36.7 Å². The first-order valence-corrected chi connectivity index (χ1v) is 11.1. The number of aromatic nitrogens is 1. The molecule has 8 nitrogen and oxygen atoms in total. The number of hydrogen-bond donors (Lipinski definition) is 1. The summed E-state index contributed by atoms with van der Waals surface area (Å²) in [4.78, 5) is 46.2. The van der Waals surface area contributed by atoms with Crippen LogP contribution in [0, 0.1) is 0 Å². The maximum absolute atomic E-state index is 13.1. The summed E-state index contributed by atoms with van der Waals surface area (Å²) in [6, 6.07) is 10.3. The van der Waals surface area contributed by atoms with Crippen LogP contribution in [-0.4, -0.2) is 36.8 Å². The van der Waals surface area contributed by atoms with Crippen molar-refractivity contribution < 1.29 is 14.3 Å². The average molecular weight is 493 g/mol. The Morgan fingerprint density at radius 3 is 2.43 bits per heavy atom. The van der Waals surface area contributed by atoms with Gasteiger partial charge in [0.05, 0.1) is 24.7 Å². The normalized spacial score (nSPS) is 11.4. The molecule has 1 aromatic heterocycles. The molecule has 0 bridgehead atoms. The minimum atomic E-state index is -0.876. The number of hydrogen-bond acceptors (Lipinski definition) is 6. The van der Waals surface area contributed by atoms with Gasteiger partial charge in [-0.05, 0) is 62.3 Å². The molecule has 0 aliphatic heterocycles. The fourth-order valence-corrected chi connectivity index (χ4v) is 3.78. The number of rotatable bonds is 9. The van der Waals surface area contributed by atoms with Gasteiger partial charge in [-0.3, -0.25) is 28.9 Å². The van der Waals surface area contributed by atoms with Crippen molar-refractivity contribution in [2.45, 2.75) is 26.3 Å². The predicted octanol–water partition coefficient (Wildman–Crippen LogP) is 5.63. The first-order chi connectivity index (χ1) is 16.7. The number of pyridine rings is 1. The standard InChI is InChI=1S/C26H25ClN4O4/c1-6-23(32)18-9-7-16(27)11-19(18)20-13-25(33)31(14-24(20)35-5)15(2)26(34)30-17-8-10-21(28-3)22(12-17)29-4/h7-15H,3-4,6H2,1-2,5H3,(H,30,34)/t15-/m1/s1. The SMILES string of the molecule is C=Nc1ccc(NC(=O)[C@@H](C)n2cc(OC)c(-c3cc(Cl)ccc3C(=O)CC)cc2=O)cc1N=C. The highest BCUT2D eigenvalue weighted by atomic mass is 35.5. The second kappa shape index (κ2) is 10.9. The molecule has 3 aromatic rings.